The molecule has 0 spiro atoms. The van der Waals surface area contributed by atoms with E-state index in [1.165, 1.54) is 0 Å². The van der Waals surface area contributed by atoms with Gasteiger partial charge in [-0.15, -0.1) is 0 Å². The molecule has 1 N–H and O–H groups in total. The summed E-state index contributed by atoms with van der Waals surface area (Å²) in [5, 5.41) is 0.326. The predicted octanol–water partition coefficient (Wildman–Crippen LogP) is 5.43. The maximum Gasteiger partial charge on any atom is 0.213 e. The van der Waals surface area contributed by atoms with Crippen molar-refractivity contribution in [3.8, 4) is 22.5 Å². The summed E-state index contributed by atoms with van der Waals surface area (Å²) in [7, 11) is 0. The fourth-order valence-corrected chi connectivity index (χ4v) is 4.11. The molecule has 0 aliphatic rings. The van der Waals surface area contributed by atoms with E-state index in [4.69, 9.17) is 21.6 Å². The van der Waals surface area contributed by atoms with Crippen molar-refractivity contribution in [3.05, 3.63) is 111 Å². The van der Waals surface area contributed by atoms with Crippen LogP contribution in [0.1, 0.15) is 21.6 Å². The summed E-state index contributed by atoms with van der Waals surface area (Å²) >= 11 is 6.22. The van der Waals surface area contributed by atoms with Gasteiger partial charge >= 0.3 is 0 Å². The van der Waals surface area contributed by atoms with Gasteiger partial charge in [-0.25, -0.2) is 15.0 Å². The van der Waals surface area contributed by atoms with E-state index in [1.807, 2.05) is 49.4 Å². The smallest absolute Gasteiger partial charge is 0.213 e. The van der Waals surface area contributed by atoms with E-state index in [9.17, 15) is 9.59 Å². The Morgan fingerprint density at radius 3 is 2.26 bits per heavy atom. The van der Waals surface area contributed by atoms with E-state index in [0.29, 0.717) is 38.9 Å². The number of fused-ring (bicyclic) bond motifs is 1. The van der Waals surface area contributed by atoms with E-state index in [1.54, 1.807) is 36.5 Å². The van der Waals surface area contributed by atoms with Gasteiger partial charge in [-0.2, -0.15) is 0 Å². The number of carbonyl (C=O) groups is 1. The minimum atomic E-state index is -0.330. The molecule has 0 atom stereocenters. The van der Waals surface area contributed by atoms with Crippen molar-refractivity contribution in [2.75, 3.05) is 0 Å². The summed E-state index contributed by atoms with van der Waals surface area (Å²) in [6, 6.07) is 22.1. The molecule has 2 aromatic carbocycles. The van der Waals surface area contributed by atoms with Crippen LogP contribution in [0.3, 0.4) is 0 Å². The summed E-state index contributed by atoms with van der Waals surface area (Å²) in [4.78, 5) is 42.8. The molecule has 3 aromatic heterocycles. The van der Waals surface area contributed by atoms with E-state index in [-0.39, 0.29) is 23.1 Å². The van der Waals surface area contributed by atoms with Gasteiger partial charge in [0.2, 0.25) is 5.43 Å². The van der Waals surface area contributed by atoms with E-state index in [0.717, 1.165) is 11.3 Å². The van der Waals surface area contributed by atoms with E-state index >= 15 is 0 Å². The van der Waals surface area contributed by atoms with Gasteiger partial charge < -0.3 is 4.98 Å². The molecule has 166 valence electrons. The fourth-order valence-electron chi connectivity index (χ4n) is 3.86. The third kappa shape index (κ3) is 4.23. The summed E-state index contributed by atoms with van der Waals surface area (Å²) in [6.45, 7) is 1.84. The first-order chi connectivity index (χ1) is 16.5. The summed E-state index contributed by atoms with van der Waals surface area (Å²) in [6.07, 6.45) is 1.51. The highest BCUT2D eigenvalue weighted by molar-refractivity contribution is 6.29. The quantitative estimate of drug-likeness (QED) is 0.275. The number of hydrogen-bond acceptors (Lipinski definition) is 5. The molecule has 0 radical (unpaired) electrons. The first kappa shape index (κ1) is 21.7. The first-order valence-electron chi connectivity index (χ1n) is 10.7. The Kier molecular flexibility index (Phi) is 5.74. The Bertz CT molecular complexity index is 1560. The maximum atomic E-state index is 13.3. The number of aryl methyl sites for hydroxylation is 1. The lowest BCUT2D eigenvalue weighted by Gasteiger charge is -2.12. The van der Waals surface area contributed by atoms with E-state index in [2.05, 4.69) is 9.97 Å². The van der Waals surface area contributed by atoms with Crippen LogP contribution in [0.25, 0.3) is 33.7 Å². The fraction of sp³-hybridized carbons (Fsp3) is 0.0741. The van der Waals surface area contributed by atoms with Gasteiger partial charge in [0.1, 0.15) is 5.15 Å². The Labute approximate surface area is 200 Å². The molecule has 0 bridgehead atoms. The lowest BCUT2D eigenvalue weighted by Crippen LogP contribution is -2.17. The molecule has 0 aliphatic carbocycles. The van der Waals surface area contributed by atoms with Crippen molar-refractivity contribution >= 4 is 28.5 Å². The van der Waals surface area contributed by atoms with Gasteiger partial charge in [-0.1, -0.05) is 72.3 Å². The molecule has 0 amide bonds. The van der Waals surface area contributed by atoms with Crippen LogP contribution >= 0.6 is 11.6 Å². The molecular weight excluding hydrogens is 448 g/mol. The number of ketones is 1. The molecule has 0 aliphatic heterocycles. The van der Waals surface area contributed by atoms with Gasteiger partial charge in [0.15, 0.2) is 16.9 Å². The highest BCUT2D eigenvalue weighted by atomic mass is 35.5. The van der Waals surface area contributed by atoms with Crippen LogP contribution in [0.2, 0.25) is 5.15 Å². The highest BCUT2D eigenvalue weighted by Crippen LogP contribution is 2.31. The molecule has 6 nitrogen and oxygen atoms in total. The highest BCUT2D eigenvalue weighted by Gasteiger charge is 2.18. The molecule has 0 saturated carbocycles. The van der Waals surface area contributed by atoms with Gasteiger partial charge in [-0.05, 0) is 19.1 Å². The predicted molar refractivity (Wildman–Crippen MR) is 133 cm³/mol. The zero-order valence-corrected chi connectivity index (χ0v) is 19.0. The number of Topliss-reactive ketones (excluding diaryl/α,β-unsaturated/α-hetero) is 1. The van der Waals surface area contributed by atoms with Crippen LogP contribution in [0.15, 0.2) is 83.8 Å². The number of benzene rings is 2. The number of halogens is 1. The summed E-state index contributed by atoms with van der Waals surface area (Å²) in [5.41, 5.74) is 4.47. The lowest BCUT2D eigenvalue weighted by molar-refractivity contribution is 0.0992. The molecule has 0 fully saturated rings. The topological polar surface area (TPSA) is 88.6 Å². The number of nitrogens with zero attached hydrogens (tertiary/aromatic N) is 3. The SMILES string of the molecule is Cc1cc(-c2nc3c(=O)c(CC(=O)c4ccccc4)c[nH]c3nc2-c2ccccc2)cc(Cl)n1. The van der Waals surface area contributed by atoms with Crippen LogP contribution in [0.5, 0.6) is 0 Å². The van der Waals surface area contributed by atoms with Crippen LogP contribution in [0, 0.1) is 6.92 Å². The first-order valence-corrected chi connectivity index (χ1v) is 11.1. The molecule has 5 aromatic rings. The average molecular weight is 467 g/mol. The molecule has 0 saturated heterocycles. The second kappa shape index (κ2) is 9.00. The van der Waals surface area contributed by atoms with Crippen LogP contribution in [-0.4, -0.2) is 25.7 Å². The maximum absolute atomic E-state index is 13.3. The van der Waals surface area contributed by atoms with Crippen molar-refractivity contribution in [1.29, 1.82) is 0 Å². The third-order valence-corrected chi connectivity index (χ3v) is 5.67. The standard InChI is InChI=1S/C27H19ClN4O2/c1-16-12-19(14-22(28)30-16)24-23(18-10-6-3-7-11-18)32-27-25(31-24)26(34)20(15-29-27)13-21(33)17-8-4-2-5-9-17/h2-12,14-15H,13H2,1H3,(H,29,32,34). The average Bonchev–Trinajstić information content (AvgIpc) is 2.85. The summed E-state index contributed by atoms with van der Waals surface area (Å²) < 4.78 is 0. The third-order valence-electron chi connectivity index (χ3n) is 5.48. The Morgan fingerprint density at radius 2 is 1.56 bits per heavy atom. The number of aromatic nitrogens is 4. The van der Waals surface area contributed by atoms with Crippen molar-refractivity contribution in [3.63, 3.8) is 0 Å². The van der Waals surface area contributed by atoms with Gasteiger partial charge in [-0.3, -0.25) is 9.59 Å². The molecule has 7 heteroatoms. The lowest BCUT2D eigenvalue weighted by atomic mass is 10.0. The number of nitrogens with one attached hydrogen (secondary N) is 1. The number of hydrogen-bond donors (Lipinski definition) is 1. The molecule has 5 rings (SSSR count). The number of rotatable bonds is 5. The Hall–Kier alpha value is -4.16. The van der Waals surface area contributed by atoms with Crippen molar-refractivity contribution in [2.24, 2.45) is 0 Å². The summed E-state index contributed by atoms with van der Waals surface area (Å²) in [5.74, 6) is -0.143. The van der Waals surface area contributed by atoms with Gasteiger partial charge in [0.05, 0.1) is 11.4 Å². The molecular formula is C27H19ClN4O2. The number of H-pyrrole nitrogens is 1. The largest absolute Gasteiger partial charge is 0.344 e. The Morgan fingerprint density at radius 1 is 0.882 bits per heavy atom. The van der Waals surface area contributed by atoms with Crippen LogP contribution in [0.4, 0.5) is 0 Å². The minimum Gasteiger partial charge on any atom is -0.344 e. The van der Waals surface area contributed by atoms with Crippen molar-refractivity contribution in [2.45, 2.75) is 13.3 Å². The monoisotopic (exact) mass is 466 g/mol. The van der Waals surface area contributed by atoms with E-state index < -0.39 is 0 Å². The van der Waals surface area contributed by atoms with Gasteiger partial charge in [0, 0.05) is 40.6 Å². The zero-order chi connectivity index (χ0) is 23.7. The van der Waals surface area contributed by atoms with Gasteiger partial charge in [0.25, 0.3) is 0 Å². The Balaban J connectivity index is 1.69. The number of pyridine rings is 2. The molecule has 0 unspecified atom stereocenters. The zero-order valence-electron chi connectivity index (χ0n) is 18.2. The van der Waals surface area contributed by atoms with Crippen LogP contribution in [-0.2, 0) is 6.42 Å². The second-order valence-electron chi connectivity index (χ2n) is 7.91. The van der Waals surface area contributed by atoms with Crippen molar-refractivity contribution in [1.82, 2.24) is 19.9 Å². The molecule has 3 heterocycles. The molecule has 34 heavy (non-hydrogen) atoms. The normalized spacial score (nSPS) is 11.0. The minimum absolute atomic E-state index is 0.0348. The van der Waals surface area contributed by atoms with Crippen LogP contribution < -0.4 is 5.43 Å². The van der Waals surface area contributed by atoms with Crippen molar-refractivity contribution < 1.29 is 4.79 Å². The second-order valence-corrected chi connectivity index (χ2v) is 8.30. The number of aromatic amines is 1. The number of carbonyl (C=O) groups excluding carboxylic acids is 1.